The highest BCUT2D eigenvalue weighted by molar-refractivity contribution is 5.71. The molecule has 0 aliphatic carbocycles. The van der Waals surface area contributed by atoms with Gasteiger partial charge in [0, 0.05) is 11.9 Å². The van der Waals surface area contributed by atoms with E-state index in [1.54, 1.807) is 12.1 Å². The Balaban J connectivity index is 2.82. The second-order valence-electron chi connectivity index (χ2n) is 1.92. The molecule has 0 saturated carbocycles. The van der Waals surface area contributed by atoms with Crippen molar-refractivity contribution in [1.29, 1.82) is 0 Å². The number of nitrogens with one attached hydrogen (secondary N) is 1. The van der Waals surface area contributed by atoms with Gasteiger partial charge in [-0.05, 0) is 12.1 Å². The molecule has 0 aliphatic heterocycles. The molecule has 0 aliphatic rings. The van der Waals surface area contributed by atoms with Crippen molar-refractivity contribution >= 4 is 12.1 Å². The molecule has 0 atom stereocenters. The second kappa shape index (κ2) is 3.68. The van der Waals surface area contributed by atoms with Crippen LogP contribution in [0.1, 0.15) is 5.69 Å². The van der Waals surface area contributed by atoms with Gasteiger partial charge in [0.1, 0.15) is 0 Å². The molecule has 0 saturated heterocycles. The number of anilines is 1. The van der Waals surface area contributed by atoms with Crippen LogP contribution in [-0.4, -0.2) is 16.5 Å². The highest BCUT2D eigenvalue weighted by Crippen LogP contribution is 2.05. The summed E-state index contributed by atoms with van der Waals surface area (Å²) in [5.41, 5.74) is 1.10. The van der Waals surface area contributed by atoms with E-state index in [2.05, 4.69) is 10.3 Å². The number of pyridine rings is 1. The molecule has 1 radical (unpaired) electrons. The summed E-state index contributed by atoms with van der Waals surface area (Å²) in [6.07, 6.45) is 3.03. The van der Waals surface area contributed by atoms with Crippen molar-refractivity contribution in [2.75, 3.05) is 5.32 Å². The Morgan fingerprint density at radius 1 is 1.73 bits per heavy atom. The Kier molecular flexibility index (Phi) is 2.57. The number of nitrogens with zero attached hydrogens (tertiary/aromatic N) is 1. The maximum Gasteiger partial charge on any atom is 0.314 e. The predicted molar refractivity (Wildman–Crippen MR) is 39.5 cm³/mol. The number of amides is 1. The van der Waals surface area contributed by atoms with E-state index in [1.807, 2.05) is 0 Å². The van der Waals surface area contributed by atoms with Crippen LogP contribution in [0, 0.1) is 0 Å². The van der Waals surface area contributed by atoms with Crippen LogP contribution in [0.25, 0.3) is 0 Å². The molecule has 1 aromatic heterocycles. The Morgan fingerprint density at radius 2 is 2.55 bits per heavy atom. The van der Waals surface area contributed by atoms with Gasteiger partial charge in [-0.1, -0.05) is 0 Å². The van der Waals surface area contributed by atoms with E-state index in [9.17, 15) is 4.79 Å². The first-order valence-corrected chi connectivity index (χ1v) is 3.06. The standard InChI is InChI=1S/C7H7N2O2/c10-4-7-3-6(9-5-11)1-2-8-7/h1-3,10H,4H2,(H,8,9,11). The minimum Gasteiger partial charge on any atom is -0.390 e. The summed E-state index contributed by atoms with van der Waals surface area (Å²) in [7, 11) is 0. The van der Waals surface area contributed by atoms with E-state index in [1.165, 1.54) is 12.6 Å². The Bertz CT molecular complexity index is 250. The molecule has 1 aromatic rings. The summed E-state index contributed by atoms with van der Waals surface area (Å²) in [4.78, 5) is 13.7. The maximum absolute atomic E-state index is 9.85. The molecule has 11 heavy (non-hydrogen) atoms. The number of hydrogen-bond donors (Lipinski definition) is 2. The van der Waals surface area contributed by atoms with E-state index >= 15 is 0 Å². The fraction of sp³-hybridized carbons (Fsp3) is 0.143. The molecule has 1 rings (SSSR count). The third kappa shape index (κ3) is 2.01. The third-order valence-electron chi connectivity index (χ3n) is 1.17. The average Bonchev–Trinajstić information content (AvgIpc) is 2.06. The molecular formula is C7H7N2O2. The number of aliphatic hydroxyl groups is 1. The van der Waals surface area contributed by atoms with Crippen LogP contribution in [0.2, 0.25) is 0 Å². The lowest BCUT2D eigenvalue weighted by molar-refractivity contribution is 0.277. The molecule has 0 unspecified atom stereocenters. The number of aliphatic hydroxyl groups excluding tert-OH is 1. The molecule has 0 fully saturated rings. The molecule has 0 aromatic carbocycles. The van der Waals surface area contributed by atoms with Crippen molar-refractivity contribution in [2.45, 2.75) is 6.61 Å². The van der Waals surface area contributed by atoms with Crippen LogP contribution in [-0.2, 0) is 11.4 Å². The summed E-state index contributed by atoms with van der Waals surface area (Å²) in [5.74, 6) is 0. The van der Waals surface area contributed by atoms with Gasteiger partial charge in [0.15, 0.2) is 0 Å². The van der Waals surface area contributed by atoms with Crippen molar-refractivity contribution < 1.29 is 9.90 Å². The second-order valence-corrected chi connectivity index (χ2v) is 1.92. The SMILES string of the molecule is O=[C]Nc1ccnc(CO)c1. The highest BCUT2D eigenvalue weighted by atomic mass is 16.3. The molecule has 2 N–H and O–H groups in total. The minimum atomic E-state index is -0.131. The topological polar surface area (TPSA) is 62.2 Å². The van der Waals surface area contributed by atoms with Crippen molar-refractivity contribution in [2.24, 2.45) is 0 Å². The first-order chi connectivity index (χ1) is 5.36. The smallest absolute Gasteiger partial charge is 0.314 e. The zero-order valence-electron chi connectivity index (χ0n) is 5.74. The number of hydrogen-bond acceptors (Lipinski definition) is 3. The van der Waals surface area contributed by atoms with Crippen molar-refractivity contribution in [3.05, 3.63) is 24.0 Å². The van der Waals surface area contributed by atoms with E-state index in [4.69, 9.17) is 5.11 Å². The Hall–Kier alpha value is -1.42. The number of carbonyl (C=O) groups excluding carboxylic acids is 1. The number of aromatic nitrogens is 1. The van der Waals surface area contributed by atoms with E-state index in [-0.39, 0.29) is 6.61 Å². The van der Waals surface area contributed by atoms with Gasteiger partial charge in [0.25, 0.3) is 0 Å². The lowest BCUT2D eigenvalue weighted by atomic mass is 10.3. The van der Waals surface area contributed by atoms with E-state index < -0.39 is 0 Å². The maximum atomic E-state index is 9.85. The predicted octanol–water partition coefficient (Wildman–Crippen LogP) is 0.0530. The van der Waals surface area contributed by atoms with E-state index in [0.717, 1.165) is 0 Å². The van der Waals surface area contributed by atoms with Crippen molar-refractivity contribution in [1.82, 2.24) is 4.98 Å². The zero-order chi connectivity index (χ0) is 8.10. The van der Waals surface area contributed by atoms with Gasteiger partial charge in [-0.25, -0.2) is 0 Å². The van der Waals surface area contributed by atoms with Crippen LogP contribution in [0.15, 0.2) is 18.3 Å². The first-order valence-electron chi connectivity index (χ1n) is 3.06. The molecule has 1 heterocycles. The normalized spacial score (nSPS) is 9.18. The summed E-state index contributed by atoms with van der Waals surface area (Å²) < 4.78 is 0. The molecule has 4 heteroatoms. The summed E-state index contributed by atoms with van der Waals surface area (Å²) in [5, 5.41) is 11.0. The summed E-state index contributed by atoms with van der Waals surface area (Å²) in [6.45, 7) is -0.131. The van der Waals surface area contributed by atoms with Gasteiger partial charge in [0.2, 0.25) is 0 Å². The summed E-state index contributed by atoms with van der Waals surface area (Å²) >= 11 is 0. The lowest BCUT2D eigenvalue weighted by Crippen LogP contribution is -1.96. The molecule has 4 nitrogen and oxygen atoms in total. The molecular weight excluding hydrogens is 144 g/mol. The fourth-order valence-electron chi connectivity index (χ4n) is 0.701. The first kappa shape index (κ1) is 7.68. The van der Waals surface area contributed by atoms with Crippen LogP contribution in [0.5, 0.6) is 0 Å². The zero-order valence-corrected chi connectivity index (χ0v) is 5.74. The molecule has 1 amide bonds. The van der Waals surface area contributed by atoms with Crippen LogP contribution in [0.3, 0.4) is 0 Å². The number of rotatable bonds is 3. The van der Waals surface area contributed by atoms with Gasteiger partial charge in [-0.3, -0.25) is 9.78 Å². The molecule has 57 valence electrons. The fourth-order valence-corrected chi connectivity index (χ4v) is 0.701. The average molecular weight is 151 g/mol. The van der Waals surface area contributed by atoms with Crippen molar-refractivity contribution in [3.8, 4) is 0 Å². The third-order valence-corrected chi connectivity index (χ3v) is 1.17. The van der Waals surface area contributed by atoms with Gasteiger partial charge >= 0.3 is 6.41 Å². The van der Waals surface area contributed by atoms with Crippen molar-refractivity contribution in [3.63, 3.8) is 0 Å². The van der Waals surface area contributed by atoms with Gasteiger partial charge in [-0.15, -0.1) is 0 Å². The van der Waals surface area contributed by atoms with Gasteiger partial charge in [-0.2, -0.15) is 0 Å². The Labute approximate surface area is 63.9 Å². The van der Waals surface area contributed by atoms with Crippen LogP contribution >= 0.6 is 0 Å². The monoisotopic (exact) mass is 151 g/mol. The highest BCUT2D eigenvalue weighted by Gasteiger charge is 1.93. The lowest BCUT2D eigenvalue weighted by Gasteiger charge is -1.98. The largest absolute Gasteiger partial charge is 0.390 e. The van der Waals surface area contributed by atoms with Gasteiger partial charge < -0.3 is 10.4 Å². The summed E-state index contributed by atoms with van der Waals surface area (Å²) in [6, 6.07) is 3.19. The quantitative estimate of drug-likeness (QED) is 0.600. The Morgan fingerprint density at radius 3 is 3.18 bits per heavy atom. The minimum absolute atomic E-state index is 0.131. The molecule has 0 bridgehead atoms. The molecule has 0 spiro atoms. The van der Waals surface area contributed by atoms with E-state index in [0.29, 0.717) is 11.4 Å². The van der Waals surface area contributed by atoms with Crippen LogP contribution in [0.4, 0.5) is 5.69 Å². The van der Waals surface area contributed by atoms with Crippen LogP contribution < -0.4 is 5.32 Å². The van der Waals surface area contributed by atoms with Gasteiger partial charge in [0.05, 0.1) is 12.3 Å².